The van der Waals surface area contributed by atoms with Gasteiger partial charge in [-0.2, -0.15) is 0 Å². The van der Waals surface area contributed by atoms with Crippen LogP contribution < -0.4 is 0 Å². The fraction of sp³-hybridized carbons (Fsp3) is 0.625. The number of rotatable bonds is 3. The summed E-state index contributed by atoms with van der Waals surface area (Å²) in [5.74, 6) is 0.169. The number of ether oxygens (including phenoxy) is 1. The fourth-order valence-electron chi connectivity index (χ4n) is 0.994. The fourth-order valence-corrected chi connectivity index (χ4v) is 0.994. The van der Waals surface area contributed by atoms with Gasteiger partial charge in [0.25, 0.3) is 0 Å². The van der Waals surface area contributed by atoms with E-state index in [-0.39, 0.29) is 5.91 Å². The van der Waals surface area contributed by atoms with Crippen LogP contribution in [-0.4, -0.2) is 30.7 Å². The maximum atomic E-state index is 11.2. The van der Waals surface area contributed by atoms with Crippen LogP contribution in [0.25, 0.3) is 0 Å². The van der Waals surface area contributed by atoms with Crippen LogP contribution in [-0.2, 0) is 9.53 Å². The topological polar surface area (TPSA) is 29.5 Å². The largest absolute Gasteiger partial charge is 0.359 e. The van der Waals surface area contributed by atoms with Gasteiger partial charge in [-0.25, -0.2) is 0 Å². The third-order valence-corrected chi connectivity index (χ3v) is 1.67. The first-order chi connectivity index (χ1) is 5.34. The van der Waals surface area contributed by atoms with E-state index in [9.17, 15) is 4.79 Å². The van der Waals surface area contributed by atoms with Crippen LogP contribution in [0.2, 0.25) is 0 Å². The smallest absolute Gasteiger partial charge is 0.224 e. The molecule has 62 valence electrons. The molecule has 0 bridgehead atoms. The van der Waals surface area contributed by atoms with Crippen molar-refractivity contribution in [3.05, 3.63) is 12.7 Å². The molecule has 1 rings (SSSR count). The van der Waals surface area contributed by atoms with Crippen molar-refractivity contribution in [2.24, 2.45) is 0 Å². The maximum absolute atomic E-state index is 11.2. The highest BCUT2D eigenvalue weighted by atomic mass is 16.5. The van der Waals surface area contributed by atoms with E-state index in [2.05, 4.69) is 6.58 Å². The molecule has 1 fully saturated rings. The SMILES string of the molecule is C=CCCC(=O)N1CCOC1. The number of nitrogens with zero attached hydrogens (tertiary/aromatic N) is 1. The van der Waals surface area contributed by atoms with Crippen molar-refractivity contribution in [1.82, 2.24) is 4.90 Å². The highest BCUT2D eigenvalue weighted by molar-refractivity contribution is 5.76. The average molecular weight is 155 g/mol. The maximum Gasteiger partial charge on any atom is 0.224 e. The van der Waals surface area contributed by atoms with Crippen LogP contribution in [0, 0.1) is 0 Å². The van der Waals surface area contributed by atoms with E-state index >= 15 is 0 Å². The van der Waals surface area contributed by atoms with Crippen LogP contribution in [0.4, 0.5) is 0 Å². The lowest BCUT2D eigenvalue weighted by atomic mass is 10.3. The molecule has 0 atom stereocenters. The van der Waals surface area contributed by atoms with Crippen molar-refractivity contribution < 1.29 is 9.53 Å². The minimum Gasteiger partial charge on any atom is -0.359 e. The molecule has 1 aliphatic rings. The summed E-state index contributed by atoms with van der Waals surface area (Å²) >= 11 is 0. The highest BCUT2D eigenvalue weighted by Gasteiger charge is 2.16. The van der Waals surface area contributed by atoms with Crippen LogP contribution in [0.3, 0.4) is 0 Å². The van der Waals surface area contributed by atoms with Gasteiger partial charge in [-0.1, -0.05) is 6.08 Å². The Bertz CT molecular complexity index is 150. The first kappa shape index (κ1) is 8.27. The molecule has 11 heavy (non-hydrogen) atoms. The summed E-state index contributed by atoms with van der Waals surface area (Å²) in [6.07, 6.45) is 3.08. The van der Waals surface area contributed by atoms with Gasteiger partial charge in [0.1, 0.15) is 6.73 Å². The molecule has 0 aromatic carbocycles. The Kier molecular flexibility index (Phi) is 3.11. The van der Waals surface area contributed by atoms with E-state index in [0.717, 1.165) is 13.0 Å². The van der Waals surface area contributed by atoms with Gasteiger partial charge in [0.15, 0.2) is 0 Å². The van der Waals surface area contributed by atoms with Gasteiger partial charge in [0.2, 0.25) is 5.91 Å². The van der Waals surface area contributed by atoms with E-state index in [1.807, 2.05) is 0 Å². The molecule has 0 radical (unpaired) electrons. The summed E-state index contributed by atoms with van der Waals surface area (Å²) in [5.41, 5.74) is 0. The third kappa shape index (κ3) is 2.35. The summed E-state index contributed by atoms with van der Waals surface area (Å²) < 4.78 is 5.04. The first-order valence-corrected chi connectivity index (χ1v) is 3.81. The number of carbonyl (C=O) groups excluding carboxylic acids is 1. The molecule has 1 aliphatic heterocycles. The molecule has 0 aliphatic carbocycles. The van der Waals surface area contributed by atoms with E-state index in [1.54, 1.807) is 11.0 Å². The van der Waals surface area contributed by atoms with Gasteiger partial charge in [0, 0.05) is 13.0 Å². The molecule has 0 aromatic rings. The van der Waals surface area contributed by atoms with Crippen molar-refractivity contribution in [2.75, 3.05) is 19.9 Å². The summed E-state index contributed by atoms with van der Waals surface area (Å²) in [4.78, 5) is 12.9. The average Bonchev–Trinajstić information content (AvgIpc) is 2.52. The third-order valence-electron chi connectivity index (χ3n) is 1.67. The molecule has 0 unspecified atom stereocenters. The Labute approximate surface area is 66.6 Å². The summed E-state index contributed by atoms with van der Waals surface area (Å²) in [6, 6.07) is 0. The van der Waals surface area contributed by atoms with Gasteiger partial charge in [-0.3, -0.25) is 4.79 Å². The van der Waals surface area contributed by atoms with Crippen molar-refractivity contribution in [3.63, 3.8) is 0 Å². The summed E-state index contributed by atoms with van der Waals surface area (Å²) in [5, 5.41) is 0. The van der Waals surface area contributed by atoms with Gasteiger partial charge in [-0.15, -0.1) is 6.58 Å². The van der Waals surface area contributed by atoms with Crippen molar-refractivity contribution in [1.29, 1.82) is 0 Å². The van der Waals surface area contributed by atoms with Crippen molar-refractivity contribution in [2.45, 2.75) is 12.8 Å². The highest BCUT2D eigenvalue weighted by Crippen LogP contribution is 2.03. The zero-order chi connectivity index (χ0) is 8.10. The lowest BCUT2D eigenvalue weighted by molar-refractivity contribution is -0.131. The minimum absolute atomic E-state index is 0.169. The van der Waals surface area contributed by atoms with Gasteiger partial charge >= 0.3 is 0 Å². The minimum atomic E-state index is 0.169. The Morgan fingerprint density at radius 2 is 2.55 bits per heavy atom. The molecular formula is C8H13NO2. The van der Waals surface area contributed by atoms with E-state index in [0.29, 0.717) is 19.8 Å². The molecule has 0 saturated carbocycles. The predicted octanol–water partition coefficient (Wildman–Crippen LogP) is 0.769. The van der Waals surface area contributed by atoms with E-state index < -0.39 is 0 Å². The monoisotopic (exact) mass is 155 g/mol. The quantitative estimate of drug-likeness (QED) is 0.563. The molecule has 0 aromatic heterocycles. The number of hydrogen-bond donors (Lipinski definition) is 0. The lowest BCUT2D eigenvalue weighted by Crippen LogP contribution is -2.27. The molecule has 3 heteroatoms. The van der Waals surface area contributed by atoms with Crippen LogP contribution in [0.15, 0.2) is 12.7 Å². The van der Waals surface area contributed by atoms with Crippen LogP contribution >= 0.6 is 0 Å². The van der Waals surface area contributed by atoms with Gasteiger partial charge in [0.05, 0.1) is 6.61 Å². The number of hydrogen-bond acceptors (Lipinski definition) is 2. The van der Waals surface area contributed by atoms with Crippen LogP contribution in [0.5, 0.6) is 0 Å². The number of carbonyl (C=O) groups is 1. The standard InChI is InChI=1S/C8H13NO2/c1-2-3-4-8(10)9-5-6-11-7-9/h2H,1,3-7H2. The van der Waals surface area contributed by atoms with E-state index in [1.165, 1.54) is 0 Å². The Morgan fingerprint density at radius 1 is 1.73 bits per heavy atom. The Morgan fingerprint density at radius 3 is 3.09 bits per heavy atom. The Hall–Kier alpha value is -0.830. The first-order valence-electron chi connectivity index (χ1n) is 3.81. The molecule has 1 heterocycles. The Balaban J connectivity index is 2.22. The molecule has 0 spiro atoms. The van der Waals surface area contributed by atoms with Crippen LogP contribution in [0.1, 0.15) is 12.8 Å². The van der Waals surface area contributed by atoms with E-state index in [4.69, 9.17) is 4.74 Å². The summed E-state index contributed by atoms with van der Waals surface area (Å²) in [7, 11) is 0. The van der Waals surface area contributed by atoms with Crippen molar-refractivity contribution in [3.8, 4) is 0 Å². The second kappa shape index (κ2) is 4.13. The van der Waals surface area contributed by atoms with Gasteiger partial charge in [-0.05, 0) is 6.42 Å². The second-order valence-electron chi connectivity index (χ2n) is 2.52. The summed E-state index contributed by atoms with van der Waals surface area (Å²) in [6.45, 7) is 5.45. The molecule has 0 N–H and O–H groups in total. The number of amides is 1. The van der Waals surface area contributed by atoms with Gasteiger partial charge < -0.3 is 9.64 Å². The molecule has 1 saturated heterocycles. The zero-order valence-corrected chi connectivity index (χ0v) is 6.58. The molecule has 1 amide bonds. The lowest BCUT2D eigenvalue weighted by Gasteiger charge is -2.11. The predicted molar refractivity (Wildman–Crippen MR) is 42.0 cm³/mol. The number of allylic oxidation sites excluding steroid dienone is 1. The molecule has 3 nitrogen and oxygen atoms in total. The van der Waals surface area contributed by atoms with Crippen molar-refractivity contribution >= 4 is 5.91 Å². The second-order valence-corrected chi connectivity index (χ2v) is 2.52. The normalized spacial score (nSPS) is 16.9. The zero-order valence-electron chi connectivity index (χ0n) is 6.58. The molecular weight excluding hydrogens is 142 g/mol.